The predicted molar refractivity (Wildman–Crippen MR) is 119 cm³/mol. The number of phenols is 1. The summed E-state index contributed by atoms with van der Waals surface area (Å²) in [6.45, 7) is 1.80. The van der Waals surface area contributed by atoms with Crippen molar-refractivity contribution >= 4 is 52.3 Å². The summed E-state index contributed by atoms with van der Waals surface area (Å²) in [6, 6.07) is 11.9. The van der Waals surface area contributed by atoms with E-state index in [4.69, 9.17) is 4.74 Å². The molecular formula is C21H20N2O5S2. The highest BCUT2D eigenvalue weighted by Gasteiger charge is 2.36. The molecule has 0 bridgehead atoms. The molecule has 0 aromatic heterocycles. The number of aromatic hydroxyl groups is 1. The van der Waals surface area contributed by atoms with Gasteiger partial charge >= 0.3 is 0 Å². The first-order valence-electron chi connectivity index (χ1n) is 9.06. The van der Waals surface area contributed by atoms with Crippen LogP contribution in [0.3, 0.4) is 0 Å². The molecule has 0 radical (unpaired) electrons. The van der Waals surface area contributed by atoms with Crippen LogP contribution in [-0.2, 0) is 9.59 Å². The molecule has 0 spiro atoms. The van der Waals surface area contributed by atoms with E-state index in [1.165, 1.54) is 12.1 Å². The Morgan fingerprint density at radius 3 is 2.80 bits per heavy atom. The van der Waals surface area contributed by atoms with Crippen LogP contribution in [0, 0.1) is 0 Å². The van der Waals surface area contributed by atoms with E-state index in [0.717, 1.165) is 21.6 Å². The second-order valence-electron chi connectivity index (χ2n) is 6.21. The number of rotatable bonds is 7. The van der Waals surface area contributed by atoms with Crippen molar-refractivity contribution in [3.8, 4) is 11.5 Å². The highest BCUT2D eigenvalue weighted by atomic mass is 32.2. The predicted octanol–water partition coefficient (Wildman–Crippen LogP) is 4.19. The maximum Gasteiger partial charge on any atom is 0.294 e. The molecule has 2 aromatic rings. The average Bonchev–Trinajstić information content (AvgIpc) is 2.98. The van der Waals surface area contributed by atoms with Gasteiger partial charge in [0, 0.05) is 10.6 Å². The molecule has 9 heteroatoms. The Bertz CT molecular complexity index is 1020. The summed E-state index contributed by atoms with van der Waals surface area (Å²) in [5.41, 5.74) is 1.20. The van der Waals surface area contributed by atoms with Crippen LogP contribution in [0.4, 0.5) is 10.5 Å². The van der Waals surface area contributed by atoms with Gasteiger partial charge in [0.05, 0.1) is 11.5 Å². The van der Waals surface area contributed by atoms with Crippen molar-refractivity contribution in [1.82, 2.24) is 4.90 Å². The van der Waals surface area contributed by atoms with E-state index in [1.807, 2.05) is 24.5 Å². The van der Waals surface area contributed by atoms with Gasteiger partial charge in [-0.25, -0.2) is 0 Å². The summed E-state index contributed by atoms with van der Waals surface area (Å²) in [6.07, 6.45) is 3.46. The fourth-order valence-electron chi connectivity index (χ4n) is 2.72. The molecule has 0 unspecified atom stereocenters. The SMILES string of the molecule is CCOc1cc(/C=C2/SC(=O)N(CC(=O)Nc3cccc(SC)c3)C2=O)ccc1O. The van der Waals surface area contributed by atoms with Crippen LogP contribution in [0.5, 0.6) is 11.5 Å². The Labute approximate surface area is 182 Å². The number of nitrogens with zero attached hydrogens (tertiary/aromatic N) is 1. The number of thioether (sulfide) groups is 2. The fourth-order valence-corrected chi connectivity index (χ4v) is 4.02. The number of imide groups is 1. The summed E-state index contributed by atoms with van der Waals surface area (Å²) in [5.74, 6) is -0.717. The van der Waals surface area contributed by atoms with Gasteiger partial charge in [-0.1, -0.05) is 12.1 Å². The van der Waals surface area contributed by atoms with Crippen LogP contribution < -0.4 is 10.1 Å². The number of nitrogens with one attached hydrogen (secondary N) is 1. The maximum atomic E-state index is 12.6. The molecule has 7 nitrogen and oxygen atoms in total. The minimum atomic E-state index is -0.538. The van der Waals surface area contributed by atoms with E-state index in [-0.39, 0.29) is 22.9 Å². The molecule has 156 valence electrons. The molecule has 1 heterocycles. The number of amides is 3. The minimum absolute atomic E-state index is 0.00989. The van der Waals surface area contributed by atoms with Gasteiger partial charge in [0.2, 0.25) is 5.91 Å². The quantitative estimate of drug-likeness (QED) is 0.488. The molecule has 0 saturated carbocycles. The Morgan fingerprint density at radius 1 is 1.27 bits per heavy atom. The van der Waals surface area contributed by atoms with Gasteiger partial charge in [-0.3, -0.25) is 19.3 Å². The van der Waals surface area contributed by atoms with Gasteiger partial charge in [-0.15, -0.1) is 11.8 Å². The number of carbonyl (C=O) groups is 3. The van der Waals surface area contributed by atoms with Crippen LogP contribution in [0.25, 0.3) is 6.08 Å². The molecule has 30 heavy (non-hydrogen) atoms. The number of anilines is 1. The van der Waals surface area contributed by atoms with E-state index >= 15 is 0 Å². The van der Waals surface area contributed by atoms with Crippen LogP contribution in [-0.4, -0.2) is 46.5 Å². The number of benzene rings is 2. The lowest BCUT2D eigenvalue weighted by molar-refractivity contribution is -0.127. The summed E-state index contributed by atoms with van der Waals surface area (Å²) in [4.78, 5) is 39.4. The van der Waals surface area contributed by atoms with Crippen LogP contribution >= 0.6 is 23.5 Å². The largest absolute Gasteiger partial charge is 0.504 e. The topological polar surface area (TPSA) is 95.9 Å². The molecule has 3 rings (SSSR count). The van der Waals surface area contributed by atoms with E-state index in [1.54, 1.807) is 36.9 Å². The third-order valence-electron chi connectivity index (χ3n) is 4.11. The molecule has 2 aromatic carbocycles. The zero-order valence-corrected chi connectivity index (χ0v) is 18.0. The van der Waals surface area contributed by atoms with E-state index in [9.17, 15) is 19.5 Å². The Balaban J connectivity index is 1.70. The lowest BCUT2D eigenvalue weighted by Crippen LogP contribution is -2.36. The average molecular weight is 445 g/mol. The first-order valence-corrected chi connectivity index (χ1v) is 11.1. The summed E-state index contributed by atoms with van der Waals surface area (Å²) in [7, 11) is 0. The molecular weight excluding hydrogens is 424 g/mol. The zero-order valence-electron chi connectivity index (χ0n) is 16.4. The highest BCUT2D eigenvalue weighted by molar-refractivity contribution is 8.18. The van der Waals surface area contributed by atoms with Crippen molar-refractivity contribution in [2.45, 2.75) is 11.8 Å². The van der Waals surface area contributed by atoms with Crippen molar-refractivity contribution in [2.24, 2.45) is 0 Å². The van der Waals surface area contributed by atoms with Gasteiger partial charge in [0.15, 0.2) is 11.5 Å². The van der Waals surface area contributed by atoms with Crippen LogP contribution in [0.15, 0.2) is 52.3 Å². The summed E-state index contributed by atoms with van der Waals surface area (Å²) >= 11 is 2.31. The van der Waals surface area contributed by atoms with Gasteiger partial charge in [0.1, 0.15) is 6.54 Å². The number of phenolic OH excluding ortho intramolecular Hbond substituents is 1. The molecule has 0 atom stereocenters. The van der Waals surface area contributed by atoms with Gasteiger partial charge in [-0.2, -0.15) is 0 Å². The normalized spacial score (nSPS) is 15.0. The lowest BCUT2D eigenvalue weighted by atomic mass is 10.2. The monoisotopic (exact) mass is 444 g/mol. The molecule has 3 amide bonds. The third kappa shape index (κ3) is 5.17. The summed E-state index contributed by atoms with van der Waals surface area (Å²) in [5, 5.41) is 12.0. The Kier molecular flexibility index (Phi) is 7.07. The highest BCUT2D eigenvalue weighted by Crippen LogP contribution is 2.34. The summed E-state index contributed by atoms with van der Waals surface area (Å²) < 4.78 is 5.33. The van der Waals surface area contributed by atoms with E-state index < -0.39 is 17.1 Å². The molecule has 1 aliphatic heterocycles. The zero-order chi connectivity index (χ0) is 21.7. The van der Waals surface area contributed by atoms with Crippen molar-refractivity contribution in [3.05, 3.63) is 52.9 Å². The molecule has 1 aliphatic rings. The maximum absolute atomic E-state index is 12.6. The number of hydrogen-bond donors (Lipinski definition) is 2. The minimum Gasteiger partial charge on any atom is -0.504 e. The van der Waals surface area contributed by atoms with Crippen molar-refractivity contribution in [1.29, 1.82) is 0 Å². The van der Waals surface area contributed by atoms with Crippen molar-refractivity contribution in [2.75, 3.05) is 24.7 Å². The first kappa shape index (κ1) is 21.8. The number of hydrogen-bond acceptors (Lipinski definition) is 7. The number of carbonyl (C=O) groups excluding carboxylic acids is 3. The molecule has 0 aliphatic carbocycles. The van der Waals surface area contributed by atoms with Gasteiger partial charge in [0.25, 0.3) is 11.1 Å². The smallest absolute Gasteiger partial charge is 0.294 e. The van der Waals surface area contributed by atoms with Crippen LogP contribution in [0.2, 0.25) is 0 Å². The van der Waals surface area contributed by atoms with Gasteiger partial charge < -0.3 is 15.2 Å². The molecule has 1 fully saturated rings. The van der Waals surface area contributed by atoms with Crippen LogP contribution in [0.1, 0.15) is 12.5 Å². The second kappa shape index (κ2) is 9.73. The lowest BCUT2D eigenvalue weighted by Gasteiger charge is -2.12. The Morgan fingerprint density at radius 2 is 2.07 bits per heavy atom. The first-order chi connectivity index (χ1) is 14.4. The number of ether oxygens (including phenoxy) is 1. The van der Waals surface area contributed by atoms with E-state index in [0.29, 0.717) is 17.9 Å². The fraction of sp³-hybridized carbons (Fsp3) is 0.190. The second-order valence-corrected chi connectivity index (χ2v) is 8.08. The Hall–Kier alpha value is -2.91. The van der Waals surface area contributed by atoms with Crippen molar-refractivity contribution in [3.63, 3.8) is 0 Å². The molecule has 1 saturated heterocycles. The third-order valence-corrected chi connectivity index (χ3v) is 5.74. The van der Waals surface area contributed by atoms with Crippen molar-refractivity contribution < 1.29 is 24.2 Å². The standard InChI is InChI=1S/C21H20N2O5S2/c1-3-28-17-9-13(7-8-16(17)24)10-18-20(26)23(21(27)30-18)12-19(25)22-14-5-4-6-15(11-14)29-2/h4-11,24H,3,12H2,1-2H3,(H,22,25)/b18-10+. The molecule has 2 N–H and O–H groups in total. The van der Waals surface area contributed by atoms with Gasteiger partial charge in [-0.05, 0) is 66.9 Å². The van der Waals surface area contributed by atoms with E-state index in [2.05, 4.69) is 5.32 Å².